The Morgan fingerprint density at radius 3 is 2.89 bits per heavy atom. The van der Waals surface area contributed by atoms with E-state index in [4.69, 9.17) is 0 Å². The molecule has 5 heteroatoms. The summed E-state index contributed by atoms with van der Waals surface area (Å²) in [5.41, 5.74) is 0.682. The van der Waals surface area contributed by atoms with Crippen LogP contribution in [0.1, 0.15) is 25.8 Å². The zero-order valence-electron chi connectivity index (χ0n) is 12.2. The van der Waals surface area contributed by atoms with Crippen molar-refractivity contribution in [3.8, 4) is 0 Å². The number of hydrogen-bond donors (Lipinski definition) is 1. The van der Waals surface area contributed by atoms with E-state index in [1.807, 2.05) is 11.9 Å². The van der Waals surface area contributed by atoms with Gasteiger partial charge in [-0.2, -0.15) is 11.8 Å². The van der Waals surface area contributed by atoms with Gasteiger partial charge in [0.2, 0.25) is 0 Å². The molecule has 0 aromatic carbocycles. The molecule has 0 bridgehead atoms. The van der Waals surface area contributed by atoms with Gasteiger partial charge < -0.3 is 10.2 Å². The van der Waals surface area contributed by atoms with E-state index in [2.05, 4.69) is 30.4 Å². The molecule has 0 amide bonds. The van der Waals surface area contributed by atoms with E-state index in [0.29, 0.717) is 17.9 Å². The van der Waals surface area contributed by atoms with Crippen LogP contribution >= 0.6 is 11.8 Å². The standard InChI is InChI=1S/C14H24FN3S/c1-5-7-16-9-12-6-8-17-14(13(12)15)18(3)11(2)10-19-4/h6,8,11,16H,5,7,9-10H2,1-4H3. The molecule has 1 N–H and O–H groups in total. The lowest BCUT2D eigenvalue weighted by molar-refractivity contribution is 0.572. The van der Waals surface area contributed by atoms with E-state index in [1.165, 1.54) is 0 Å². The second kappa shape index (κ2) is 8.38. The van der Waals surface area contributed by atoms with Crippen LogP contribution in [-0.4, -0.2) is 36.6 Å². The molecule has 0 radical (unpaired) electrons. The van der Waals surface area contributed by atoms with Gasteiger partial charge in [0, 0.05) is 37.1 Å². The SMILES string of the molecule is CCCNCc1ccnc(N(C)C(C)CSC)c1F. The number of anilines is 1. The van der Waals surface area contributed by atoms with Gasteiger partial charge in [-0.3, -0.25) is 0 Å². The summed E-state index contributed by atoms with van der Waals surface area (Å²) >= 11 is 1.76. The average molecular weight is 285 g/mol. The Kier molecular flexibility index (Phi) is 7.16. The van der Waals surface area contributed by atoms with Crippen molar-refractivity contribution in [1.82, 2.24) is 10.3 Å². The summed E-state index contributed by atoms with van der Waals surface area (Å²) in [7, 11) is 1.90. The first kappa shape index (κ1) is 16.2. The monoisotopic (exact) mass is 285 g/mol. The van der Waals surface area contributed by atoms with Crippen LogP contribution in [0.4, 0.5) is 10.2 Å². The number of halogens is 1. The topological polar surface area (TPSA) is 28.2 Å². The van der Waals surface area contributed by atoms with Crippen LogP contribution in [0, 0.1) is 5.82 Å². The molecule has 1 rings (SSSR count). The van der Waals surface area contributed by atoms with Gasteiger partial charge >= 0.3 is 0 Å². The predicted molar refractivity (Wildman–Crippen MR) is 82.4 cm³/mol. The molecule has 0 fully saturated rings. The lowest BCUT2D eigenvalue weighted by Gasteiger charge is -2.26. The van der Waals surface area contributed by atoms with Crippen molar-refractivity contribution >= 4 is 17.6 Å². The Morgan fingerprint density at radius 1 is 1.53 bits per heavy atom. The molecule has 0 saturated carbocycles. The van der Waals surface area contributed by atoms with Crippen LogP contribution in [0.25, 0.3) is 0 Å². The number of thioether (sulfide) groups is 1. The lowest BCUT2D eigenvalue weighted by atomic mass is 10.2. The molecule has 0 aliphatic rings. The number of nitrogens with one attached hydrogen (secondary N) is 1. The molecule has 1 aromatic heterocycles. The second-order valence-corrected chi connectivity index (χ2v) is 5.61. The van der Waals surface area contributed by atoms with E-state index in [0.717, 1.165) is 18.7 Å². The summed E-state index contributed by atoms with van der Waals surface area (Å²) in [6.45, 7) is 5.63. The lowest BCUT2D eigenvalue weighted by Crippen LogP contribution is -2.32. The quantitative estimate of drug-likeness (QED) is 0.743. The van der Waals surface area contributed by atoms with Crippen LogP contribution < -0.4 is 10.2 Å². The normalized spacial score (nSPS) is 12.5. The Hall–Kier alpha value is -0.810. The van der Waals surface area contributed by atoms with Crippen molar-refractivity contribution in [3.05, 3.63) is 23.6 Å². The summed E-state index contributed by atoms with van der Waals surface area (Å²) in [5.74, 6) is 1.19. The van der Waals surface area contributed by atoms with Crippen molar-refractivity contribution in [2.45, 2.75) is 32.9 Å². The van der Waals surface area contributed by atoms with Crippen molar-refractivity contribution < 1.29 is 4.39 Å². The maximum Gasteiger partial charge on any atom is 0.170 e. The highest BCUT2D eigenvalue weighted by atomic mass is 32.2. The van der Waals surface area contributed by atoms with Gasteiger partial charge in [0.25, 0.3) is 0 Å². The average Bonchev–Trinajstić information content (AvgIpc) is 2.40. The molecular weight excluding hydrogens is 261 g/mol. The molecule has 19 heavy (non-hydrogen) atoms. The first-order valence-corrected chi connectivity index (χ1v) is 8.07. The van der Waals surface area contributed by atoms with Gasteiger partial charge in [-0.1, -0.05) is 6.92 Å². The molecular formula is C14H24FN3S. The number of pyridine rings is 1. The van der Waals surface area contributed by atoms with Crippen molar-refractivity contribution in [3.63, 3.8) is 0 Å². The smallest absolute Gasteiger partial charge is 0.170 e. The molecule has 108 valence electrons. The maximum absolute atomic E-state index is 14.4. The molecule has 1 atom stereocenters. The van der Waals surface area contributed by atoms with E-state index in [1.54, 1.807) is 24.0 Å². The fourth-order valence-electron chi connectivity index (χ4n) is 1.82. The highest BCUT2D eigenvalue weighted by Crippen LogP contribution is 2.21. The molecule has 0 aliphatic heterocycles. The van der Waals surface area contributed by atoms with E-state index in [-0.39, 0.29) is 11.9 Å². The van der Waals surface area contributed by atoms with Crippen LogP contribution in [-0.2, 0) is 6.54 Å². The first-order valence-electron chi connectivity index (χ1n) is 6.67. The zero-order valence-corrected chi connectivity index (χ0v) is 13.1. The van der Waals surface area contributed by atoms with Gasteiger partial charge in [-0.25, -0.2) is 9.37 Å². The fraction of sp³-hybridized carbons (Fsp3) is 0.643. The van der Waals surface area contributed by atoms with E-state index in [9.17, 15) is 4.39 Å². The summed E-state index contributed by atoms with van der Waals surface area (Å²) < 4.78 is 14.4. The molecule has 0 aliphatic carbocycles. The van der Waals surface area contributed by atoms with Gasteiger partial charge in [0.05, 0.1) is 0 Å². The summed E-state index contributed by atoms with van der Waals surface area (Å²) in [6, 6.07) is 2.00. The second-order valence-electron chi connectivity index (χ2n) is 4.70. The third kappa shape index (κ3) is 4.66. The minimum absolute atomic E-state index is 0.207. The fourth-order valence-corrected chi connectivity index (χ4v) is 2.52. The maximum atomic E-state index is 14.4. The number of hydrogen-bond acceptors (Lipinski definition) is 4. The molecule has 0 saturated heterocycles. The first-order chi connectivity index (χ1) is 9.11. The molecule has 1 heterocycles. The van der Waals surface area contributed by atoms with Crippen LogP contribution in [0.3, 0.4) is 0 Å². The molecule has 3 nitrogen and oxygen atoms in total. The highest BCUT2D eigenvalue weighted by molar-refractivity contribution is 7.98. The third-order valence-electron chi connectivity index (χ3n) is 3.10. The Labute approximate surface area is 120 Å². The van der Waals surface area contributed by atoms with Gasteiger partial charge in [-0.15, -0.1) is 0 Å². The van der Waals surface area contributed by atoms with Crippen molar-refractivity contribution in [1.29, 1.82) is 0 Å². The summed E-state index contributed by atoms with van der Waals surface area (Å²) in [6.07, 6.45) is 4.78. The highest BCUT2D eigenvalue weighted by Gasteiger charge is 2.17. The zero-order chi connectivity index (χ0) is 14.3. The minimum Gasteiger partial charge on any atom is -0.354 e. The van der Waals surface area contributed by atoms with Gasteiger partial charge in [0.1, 0.15) is 0 Å². The minimum atomic E-state index is -0.207. The largest absolute Gasteiger partial charge is 0.354 e. The Balaban J connectivity index is 2.81. The van der Waals surface area contributed by atoms with E-state index < -0.39 is 0 Å². The molecule has 1 unspecified atom stereocenters. The summed E-state index contributed by atoms with van der Waals surface area (Å²) in [4.78, 5) is 6.10. The third-order valence-corrected chi connectivity index (χ3v) is 3.91. The number of nitrogens with zero attached hydrogens (tertiary/aromatic N) is 2. The van der Waals surface area contributed by atoms with Crippen molar-refractivity contribution in [2.24, 2.45) is 0 Å². The predicted octanol–water partition coefficient (Wildman–Crippen LogP) is 2.91. The van der Waals surface area contributed by atoms with Crippen LogP contribution in [0.5, 0.6) is 0 Å². The number of aromatic nitrogens is 1. The molecule has 0 spiro atoms. The van der Waals surface area contributed by atoms with E-state index >= 15 is 0 Å². The van der Waals surface area contributed by atoms with Crippen LogP contribution in [0.2, 0.25) is 0 Å². The van der Waals surface area contributed by atoms with Gasteiger partial charge in [0.15, 0.2) is 11.6 Å². The Bertz CT molecular complexity index is 387. The van der Waals surface area contributed by atoms with Crippen LogP contribution in [0.15, 0.2) is 12.3 Å². The Morgan fingerprint density at radius 2 is 2.26 bits per heavy atom. The van der Waals surface area contributed by atoms with Crippen molar-refractivity contribution in [2.75, 3.05) is 30.5 Å². The summed E-state index contributed by atoms with van der Waals surface area (Å²) in [5, 5.41) is 3.22. The molecule has 1 aromatic rings. The van der Waals surface area contributed by atoms with Gasteiger partial charge in [-0.05, 0) is 32.2 Å². The number of rotatable bonds is 8.